The molecule has 0 aliphatic heterocycles. The molecule has 0 aliphatic rings. The zero-order chi connectivity index (χ0) is 7.98. The van der Waals surface area contributed by atoms with E-state index in [1.54, 1.807) is 0 Å². The van der Waals surface area contributed by atoms with Gasteiger partial charge in [0.2, 0.25) is 0 Å². The van der Waals surface area contributed by atoms with E-state index in [-0.39, 0.29) is 5.78 Å². The number of carbonyl (C=O) groups excluding carboxylic acids is 2. The van der Waals surface area contributed by atoms with Crippen LogP contribution in [0.3, 0.4) is 0 Å². The quantitative estimate of drug-likeness (QED) is 0.622. The van der Waals surface area contributed by atoms with Crippen molar-refractivity contribution in [1.29, 1.82) is 0 Å². The first-order valence-corrected chi connectivity index (χ1v) is 2.98. The number of methoxy groups -OCH3 is 1. The van der Waals surface area contributed by atoms with Crippen LogP contribution in [0.2, 0.25) is 0 Å². The van der Waals surface area contributed by atoms with Gasteiger partial charge >= 0.3 is 6.09 Å². The zero-order valence-corrected chi connectivity index (χ0v) is 6.14. The fourth-order valence-electron chi connectivity index (χ4n) is 0.413. The molecule has 58 valence electrons. The van der Waals surface area contributed by atoms with Crippen LogP contribution in [-0.2, 0) is 9.53 Å². The predicted molar refractivity (Wildman–Crippen MR) is 35.7 cm³/mol. The maximum atomic E-state index is 10.3. The minimum Gasteiger partial charge on any atom is -0.453 e. The average Bonchev–Trinajstić information content (AvgIpc) is 1.87. The topological polar surface area (TPSA) is 55.4 Å². The molecule has 4 nitrogen and oxygen atoms in total. The second kappa shape index (κ2) is 4.78. The van der Waals surface area contributed by atoms with Crippen molar-refractivity contribution >= 4 is 11.9 Å². The highest BCUT2D eigenvalue weighted by Gasteiger charge is 1.97. The highest BCUT2D eigenvalue weighted by molar-refractivity contribution is 5.76. The van der Waals surface area contributed by atoms with Crippen LogP contribution in [0, 0.1) is 0 Å². The van der Waals surface area contributed by atoms with Crippen molar-refractivity contribution in [1.82, 2.24) is 5.32 Å². The van der Waals surface area contributed by atoms with Gasteiger partial charge in [-0.15, -0.1) is 0 Å². The van der Waals surface area contributed by atoms with Gasteiger partial charge in [0, 0.05) is 13.0 Å². The molecule has 0 unspecified atom stereocenters. The average molecular weight is 145 g/mol. The summed E-state index contributed by atoms with van der Waals surface area (Å²) in [7, 11) is 1.28. The highest BCUT2D eigenvalue weighted by atomic mass is 16.5. The molecule has 0 spiro atoms. The van der Waals surface area contributed by atoms with Crippen molar-refractivity contribution in [2.75, 3.05) is 13.7 Å². The highest BCUT2D eigenvalue weighted by Crippen LogP contribution is 1.78. The fraction of sp³-hybridized carbons (Fsp3) is 0.667. The third-order valence-electron chi connectivity index (χ3n) is 0.932. The van der Waals surface area contributed by atoms with Crippen LogP contribution in [0.4, 0.5) is 4.79 Å². The van der Waals surface area contributed by atoms with Gasteiger partial charge in [0.15, 0.2) is 0 Å². The van der Waals surface area contributed by atoms with E-state index in [9.17, 15) is 9.59 Å². The minimum atomic E-state index is -0.499. The van der Waals surface area contributed by atoms with Gasteiger partial charge in [-0.2, -0.15) is 0 Å². The van der Waals surface area contributed by atoms with E-state index < -0.39 is 6.09 Å². The first-order chi connectivity index (χ1) is 4.66. The Kier molecular flexibility index (Phi) is 4.28. The van der Waals surface area contributed by atoms with E-state index in [0.717, 1.165) is 0 Å². The minimum absolute atomic E-state index is 0.0522. The number of alkyl carbamates (subject to hydrolysis) is 1. The summed E-state index contributed by atoms with van der Waals surface area (Å²) in [5.41, 5.74) is 0. The molecule has 0 aliphatic carbocycles. The Labute approximate surface area is 59.6 Å². The number of rotatable bonds is 3. The molecular weight excluding hydrogens is 134 g/mol. The van der Waals surface area contributed by atoms with E-state index in [4.69, 9.17) is 0 Å². The largest absolute Gasteiger partial charge is 0.453 e. The lowest BCUT2D eigenvalue weighted by Crippen LogP contribution is -2.25. The summed E-state index contributed by atoms with van der Waals surface area (Å²) in [6, 6.07) is 0. The molecule has 0 heterocycles. The van der Waals surface area contributed by atoms with Crippen molar-refractivity contribution in [2.24, 2.45) is 0 Å². The Morgan fingerprint density at radius 2 is 2.10 bits per heavy atom. The number of hydrogen-bond acceptors (Lipinski definition) is 3. The number of nitrogens with one attached hydrogen (secondary N) is 1. The van der Waals surface area contributed by atoms with Crippen molar-refractivity contribution < 1.29 is 14.3 Å². The first kappa shape index (κ1) is 8.94. The Bertz CT molecular complexity index is 133. The lowest BCUT2D eigenvalue weighted by Gasteiger charge is -1.99. The molecule has 0 aromatic carbocycles. The van der Waals surface area contributed by atoms with Crippen molar-refractivity contribution in [3.05, 3.63) is 0 Å². The van der Waals surface area contributed by atoms with E-state index in [1.165, 1.54) is 14.0 Å². The number of ketones is 1. The van der Waals surface area contributed by atoms with Crippen molar-refractivity contribution in [3.63, 3.8) is 0 Å². The standard InChI is InChI=1S/C6H11NO3/c1-5(8)3-4-7-6(9)10-2/h3-4H2,1-2H3,(H,7,9). The SMILES string of the molecule is COC(=O)NCCC(C)=O. The van der Waals surface area contributed by atoms with Crippen LogP contribution < -0.4 is 5.32 Å². The fourth-order valence-corrected chi connectivity index (χ4v) is 0.413. The first-order valence-electron chi connectivity index (χ1n) is 2.98. The number of amides is 1. The monoisotopic (exact) mass is 145 g/mol. The number of hydrogen-bond donors (Lipinski definition) is 1. The summed E-state index contributed by atoms with van der Waals surface area (Å²) in [6.45, 7) is 1.82. The van der Waals surface area contributed by atoms with Crippen LogP contribution >= 0.6 is 0 Å². The van der Waals surface area contributed by atoms with Gasteiger partial charge in [-0.25, -0.2) is 4.79 Å². The second-order valence-corrected chi connectivity index (χ2v) is 1.87. The zero-order valence-electron chi connectivity index (χ0n) is 6.14. The number of Topliss-reactive ketones (excluding diaryl/α,β-unsaturated/α-hetero) is 1. The Balaban J connectivity index is 3.20. The van der Waals surface area contributed by atoms with Gasteiger partial charge in [0.1, 0.15) is 5.78 Å². The van der Waals surface area contributed by atoms with Gasteiger partial charge in [0.05, 0.1) is 7.11 Å². The molecule has 1 amide bonds. The molecule has 0 aromatic heterocycles. The van der Waals surface area contributed by atoms with Crippen LogP contribution in [-0.4, -0.2) is 25.5 Å². The van der Waals surface area contributed by atoms with Gasteiger partial charge in [0.25, 0.3) is 0 Å². The third-order valence-corrected chi connectivity index (χ3v) is 0.932. The van der Waals surface area contributed by atoms with Gasteiger partial charge in [-0.05, 0) is 6.92 Å². The van der Waals surface area contributed by atoms with Crippen LogP contribution in [0.5, 0.6) is 0 Å². The van der Waals surface area contributed by atoms with Gasteiger partial charge in [-0.3, -0.25) is 4.79 Å². The van der Waals surface area contributed by atoms with E-state index in [0.29, 0.717) is 13.0 Å². The summed E-state index contributed by atoms with van der Waals surface area (Å²) < 4.78 is 4.27. The van der Waals surface area contributed by atoms with E-state index in [2.05, 4.69) is 10.1 Å². The molecule has 0 radical (unpaired) electrons. The molecule has 0 saturated heterocycles. The normalized spacial score (nSPS) is 8.60. The molecule has 1 N–H and O–H groups in total. The summed E-state index contributed by atoms with van der Waals surface area (Å²) in [5, 5.41) is 2.38. The molecule has 0 bridgehead atoms. The lowest BCUT2D eigenvalue weighted by molar-refractivity contribution is -0.116. The molecule has 0 atom stereocenters. The molecule has 0 saturated carbocycles. The molecule has 4 heteroatoms. The van der Waals surface area contributed by atoms with Gasteiger partial charge < -0.3 is 10.1 Å². The van der Waals surface area contributed by atoms with E-state index >= 15 is 0 Å². The molecule has 0 rings (SSSR count). The second-order valence-electron chi connectivity index (χ2n) is 1.87. The summed E-state index contributed by atoms with van der Waals surface area (Å²) in [5.74, 6) is 0.0522. The Hall–Kier alpha value is -1.06. The van der Waals surface area contributed by atoms with E-state index in [1.807, 2.05) is 0 Å². The van der Waals surface area contributed by atoms with Crippen LogP contribution in [0.1, 0.15) is 13.3 Å². The predicted octanol–water partition coefficient (Wildman–Crippen LogP) is 0.322. The summed E-state index contributed by atoms with van der Waals surface area (Å²) in [4.78, 5) is 20.7. The Morgan fingerprint density at radius 1 is 1.50 bits per heavy atom. The molecular formula is C6H11NO3. The third kappa shape index (κ3) is 5.08. The van der Waals surface area contributed by atoms with Crippen molar-refractivity contribution in [3.8, 4) is 0 Å². The lowest BCUT2D eigenvalue weighted by atomic mass is 10.3. The van der Waals surface area contributed by atoms with Gasteiger partial charge in [-0.1, -0.05) is 0 Å². The summed E-state index contributed by atoms with van der Waals surface area (Å²) >= 11 is 0. The number of ether oxygens (including phenoxy) is 1. The molecule has 0 fully saturated rings. The maximum absolute atomic E-state index is 10.3. The number of carbonyl (C=O) groups is 2. The molecule has 0 aromatic rings. The maximum Gasteiger partial charge on any atom is 0.406 e. The van der Waals surface area contributed by atoms with Crippen molar-refractivity contribution in [2.45, 2.75) is 13.3 Å². The smallest absolute Gasteiger partial charge is 0.406 e. The summed E-state index contributed by atoms with van der Waals surface area (Å²) in [6.07, 6.45) is -0.143. The van der Waals surface area contributed by atoms with Crippen LogP contribution in [0.25, 0.3) is 0 Å². The Morgan fingerprint density at radius 3 is 2.50 bits per heavy atom. The van der Waals surface area contributed by atoms with Crippen LogP contribution in [0.15, 0.2) is 0 Å². The molecule has 10 heavy (non-hydrogen) atoms.